The predicted molar refractivity (Wildman–Crippen MR) is 108 cm³/mol. The van der Waals surface area contributed by atoms with Crippen molar-refractivity contribution >= 4 is 22.7 Å². The number of rotatable bonds is 3. The topological polar surface area (TPSA) is 55.1 Å². The number of benzene rings is 3. The quantitative estimate of drug-likeness (QED) is 0.514. The molecule has 27 heavy (non-hydrogen) atoms. The molecule has 0 unspecified atom stereocenters. The summed E-state index contributed by atoms with van der Waals surface area (Å²) >= 11 is 0. The van der Waals surface area contributed by atoms with Gasteiger partial charge in [-0.3, -0.25) is 4.79 Å². The molecular formula is C23H20N2O2. The standard InChI is InChI=1S/C23H20N2O2/c1-14-7-9-17(10-8-14)22(26)24-19-6-4-5-18(13-19)23-25-20-11-15(2)16(3)12-21(20)27-23/h4-13H,1-3H3,(H,24,26). The first-order valence-corrected chi connectivity index (χ1v) is 8.86. The molecule has 3 aromatic carbocycles. The van der Waals surface area contributed by atoms with Gasteiger partial charge in [0.05, 0.1) is 0 Å². The van der Waals surface area contributed by atoms with Crippen LogP contribution in [0.5, 0.6) is 0 Å². The van der Waals surface area contributed by atoms with Crippen LogP contribution in [-0.2, 0) is 0 Å². The Labute approximate surface area is 157 Å². The lowest BCUT2D eigenvalue weighted by atomic mass is 10.1. The number of oxazole rings is 1. The van der Waals surface area contributed by atoms with Crippen LogP contribution in [0.25, 0.3) is 22.6 Å². The number of amides is 1. The molecule has 0 aliphatic rings. The highest BCUT2D eigenvalue weighted by molar-refractivity contribution is 6.04. The molecule has 1 aromatic heterocycles. The largest absolute Gasteiger partial charge is 0.436 e. The van der Waals surface area contributed by atoms with Gasteiger partial charge in [-0.1, -0.05) is 23.8 Å². The molecule has 4 heteroatoms. The van der Waals surface area contributed by atoms with Gasteiger partial charge in [-0.2, -0.15) is 0 Å². The lowest BCUT2D eigenvalue weighted by molar-refractivity contribution is 0.102. The van der Waals surface area contributed by atoms with Crippen LogP contribution in [0.1, 0.15) is 27.0 Å². The first kappa shape index (κ1) is 17.0. The molecule has 134 valence electrons. The Balaban J connectivity index is 1.62. The van der Waals surface area contributed by atoms with E-state index in [4.69, 9.17) is 4.42 Å². The van der Waals surface area contributed by atoms with Crippen molar-refractivity contribution in [3.8, 4) is 11.5 Å². The summed E-state index contributed by atoms with van der Waals surface area (Å²) < 4.78 is 5.92. The van der Waals surface area contributed by atoms with Gasteiger partial charge < -0.3 is 9.73 Å². The summed E-state index contributed by atoms with van der Waals surface area (Å²) in [7, 11) is 0. The van der Waals surface area contributed by atoms with Gasteiger partial charge in [-0.15, -0.1) is 0 Å². The van der Waals surface area contributed by atoms with Crippen LogP contribution in [0.3, 0.4) is 0 Å². The van der Waals surface area contributed by atoms with Crippen LogP contribution < -0.4 is 5.32 Å². The fraction of sp³-hybridized carbons (Fsp3) is 0.130. The molecule has 1 amide bonds. The third-order valence-electron chi connectivity index (χ3n) is 4.69. The van der Waals surface area contributed by atoms with Gasteiger partial charge in [0.15, 0.2) is 5.58 Å². The van der Waals surface area contributed by atoms with E-state index in [1.165, 1.54) is 11.1 Å². The lowest BCUT2D eigenvalue weighted by Gasteiger charge is -2.06. The number of hydrogen-bond acceptors (Lipinski definition) is 3. The molecule has 0 saturated heterocycles. The maximum absolute atomic E-state index is 12.4. The molecule has 0 radical (unpaired) electrons. The first-order chi connectivity index (χ1) is 13.0. The van der Waals surface area contributed by atoms with Gasteiger partial charge in [0, 0.05) is 16.8 Å². The Morgan fingerprint density at radius 2 is 1.67 bits per heavy atom. The minimum absolute atomic E-state index is 0.143. The van der Waals surface area contributed by atoms with Crippen LogP contribution in [-0.4, -0.2) is 10.9 Å². The highest BCUT2D eigenvalue weighted by Gasteiger charge is 2.11. The second-order valence-electron chi connectivity index (χ2n) is 6.82. The van der Waals surface area contributed by atoms with Crippen molar-refractivity contribution in [2.75, 3.05) is 5.32 Å². The monoisotopic (exact) mass is 356 g/mol. The Morgan fingerprint density at radius 3 is 2.44 bits per heavy atom. The number of aromatic nitrogens is 1. The predicted octanol–water partition coefficient (Wildman–Crippen LogP) is 5.67. The minimum Gasteiger partial charge on any atom is -0.436 e. The molecule has 4 aromatic rings. The molecule has 0 atom stereocenters. The van der Waals surface area contributed by atoms with Gasteiger partial charge in [0.1, 0.15) is 5.52 Å². The van der Waals surface area contributed by atoms with Gasteiger partial charge in [-0.25, -0.2) is 4.98 Å². The summed E-state index contributed by atoms with van der Waals surface area (Å²) in [5.41, 5.74) is 7.22. The van der Waals surface area contributed by atoms with Gasteiger partial charge in [0.2, 0.25) is 5.89 Å². The molecule has 0 fully saturated rings. The Hall–Kier alpha value is -3.40. The Bertz CT molecular complexity index is 1100. The van der Waals surface area contributed by atoms with Crippen molar-refractivity contribution in [3.05, 3.63) is 82.9 Å². The van der Waals surface area contributed by atoms with E-state index < -0.39 is 0 Å². The summed E-state index contributed by atoms with van der Waals surface area (Å²) in [5, 5.41) is 2.93. The molecule has 1 heterocycles. The third-order valence-corrected chi connectivity index (χ3v) is 4.69. The summed E-state index contributed by atoms with van der Waals surface area (Å²) in [6, 6.07) is 19.0. The zero-order valence-electron chi connectivity index (χ0n) is 15.5. The zero-order chi connectivity index (χ0) is 19.0. The van der Waals surface area contributed by atoms with E-state index in [1.54, 1.807) is 0 Å². The molecule has 0 aliphatic carbocycles. The summed E-state index contributed by atoms with van der Waals surface area (Å²) in [6.45, 7) is 6.11. The first-order valence-electron chi connectivity index (χ1n) is 8.86. The lowest BCUT2D eigenvalue weighted by Crippen LogP contribution is -2.11. The van der Waals surface area contributed by atoms with Crippen LogP contribution in [0.2, 0.25) is 0 Å². The van der Waals surface area contributed by atoms with Gasteiger partial charge >= 0.3 is 0 Å². The Kier molecular flexibility index (Phi) is 4.24. The number of nitrogens with one attached hydrogen (secondary N) is 1. The molecule has 0 aliphatic heterocycles. The highest BCUT2D eigenvalue weighted by Crippen LogP contribution is 2.28. The average molecular weight is 356 g/mol. The molecular weight excluding hydrogens is 336 g/mol. The summed E-state index contributed by atoms with van der Waals surface area (Å²) in [6.07, 6.45) is 0. The Morgan fingerprint density at radius 1 is 0.926 bits per heavy atom. The van der Waals surface area contributed by atoms with Crippen molar-refractivity contribution < 1.29 is 9.21 Å². The van der Waals surface area contributed by atoms with E-state index in [-0.39, 0.29) is 5.91 Å². The normalized spacial score (nSPS) is 10.9. The number of anilines is 1. The van der Waals surface area contributed by atoms with Crippen LogP contribution in [0, 0.1) is 20.8 Å². The van der Waals surface area contributed by atoms with Gasteiger partial charge in [0.25, 0.3) is 5.91 Å². The number of hydrogen-bond donors (Lipinski definition) is 1. The fourth-order valence-corrected chi connectivity index (χ4v) is 2.94. The third kappa shape index (κ3) is 3.47. The highest BCUT2D eigenvalue weighted by atomic mass is 16.3. The summed E-state index contributed by atoms with van der Waals surface area (Å²) in [5.74, 6) is 0.400. The van der Waals surface area contributed by atoms with E-state index >= 15 is 0 Å². The number of carbonyl (C=O) groups excluding carboxylic acids is 1. The van der Waals surface area contributed by atoms with Crippen LogP contribution >= 0.6 is 0 Å². The summed E-state index contributed by atoms with van der Waals surface area (Å²) in [4.78, 5) is 17.0. The van der Waals surface area contributed by atoms with E-state index in [0.29, 0.717) is 17.1 Å². The maximum atomic E-state index is 12.4. The molecule has 4 rings (SSSR count). The molecule has 0 spiro atoms. The van der Waals surface area contributed by atoms with Crippen LogP contribution in [0.4, 0.5) is 5.69 Å². The van der Waals surface area contributed by atoms with E-state index in [1.807, 2.05) is 67.6 Å². The van der Waals surface area contributed by atoms with E-state index in [9.17, 15) is 4.79 Å². The average Bonchev–Trinajstić information content (AvgIpc) is 3.05. The molecule has 4 nitrogen and oxygen atoms in total. The molecule has 0 saturated carbocycles. The molecule has 0 bridgehead atoms. The van der Waals surface area contributed by atoms with Crippen LogP contribution in [0.15, 0.2) is 65.1 Å². The van der Waals surface area contributed by atoms with E-state index in [0.717, 1.165) is 22.2 Å². The molecule has 1 N–H and O–H groups in total. The zero-order valence-corrected chi connectivity index (χ0v) is 15.5. The van der Waals surface area contributed by atoms with Gasteiger partial charge in [-0.05, 0) is 74.4 Å². The minimum atomic E-state index is -0.143. The number of aryl methyl sites for hydroxylation is 3. The fourth-order valence-electron chi connectivity index (χ4n) is 2.94. The van der Waals surface area contributed by atoms with Crippen molar-refractivity contribution in [2.45, 2.75) is 20.8 Å². The van der Waals surface area contributed by atoms with Crippen molar-refractivity contribution in [2.24, 2.45) is 0 Å². The van der Waals surface area contributed by atoms with Crippen molar-refractivity contribution in [1.29, 1.82) is 0 Å². The number of nitrogens with zero attached hydrogens (tertiary/aromatic N) is 1. The van der Waals surface area contributed by atoms with Crippen molar-refractivity contribution in [1.82, 2.24) is 4.98 Å². The SMILES string of the molecule is Cc1ccc(C(=O)Nc2cccc(-c3nc4cc(C)c(C)cc4o3)c2)cc1. The number of carbonyl (C=O) groups is 1. The smallest absolute Gasteiger partial charge is 0.255 e. The number of fused-ring (bicyclic) bond motifs is 1. The van der Waals surface area contributed by atoms with E-state index in [2.05, 4.69) is 24.1 Å². The second kappa shape index (κ2) is 6.72. The van der Waals surface area contributed by atoms with Crippen molar-refractivity contribution in [3.63, 3.8) is 0 Å². The second-order valence-corrected chi connectivity index (χ2v) is 6.82. The maximum Gasteiger partial charge on any atom is 0.255 e.